The van der Waals surface area contributed by atoms with Gasteiger partial charge in [-0.15, -0.1) is 0 Å². The van der Waals surface area contributed by atoms with Gasteiger partial charge in [0.25, 0.3) is 0 Å². The third-order valence-electron chi connectivity index (χ3n) is 2.78. The highest BCUT2D eigenvalue weighted by Crippen LogP contribution is 2.23. The molecule has 1 amide bonds. The molecule has 2 aromatic carbocycles. The number of carbonyl (C=O) groups is 1. The highest BCUT2D eigenvalue weighted by atomic mass is 79.9. The number of hydrogen-bond donors (Lipinski definition) is 2. The number of ether oxygens (including phenoxy) is 1. The second-order valence-electron chi connectivity index (χ2n) is 4.31. The first-order valence-electron chi connectivity index (χ1n) is 6.06. The van der Waals surface area contributed by atoms with Gasteiger partial charge in [-0.2, -0.15) is 0 Å². The topological polar surface area (TPSA) is 64.3 Å². The number of benzene rings is 2. The lowest BCUT2D eigenvalue weighted by Crippen LogP contribution is -2.14. The van der Waals surface area contributed by atoms with E-state index in [0.717, 1.165) is 15.8 Å². The summed E-state index contributed by atoms with van der Waals surface area (Å²) in [6, 6.07) is 12.7. The maximum absolute atomic E-state index is 12.0. The average molecular weight is 335 g/mol. The first-order chi connectivity index (χ1) is 9.58. The highest BCUT2D eigenvalue weighted by Gasteiger charge is 2.06. The molecule has 0 aliphatic rings. The van der Waals surface area contributed by atoms with E-state index < -0.39 is 0 Å². The molecule has 2 rings (SSSR count). The molecule has 104 valence electrons. The van der Waals surface area contributed by atoms with Gasteiger partial charge in [0.2, 0.25) is 5.91 Å². The van der Waals surface area contributed by atoms with Crippen molar-refractivity contribution in [1.29, 1.82) is 0 Å². The van der Waals surface area contributed by atoms with Crippen LogP contribution in [0.25, 0.3) is 0 Å². The lowest BCUT2D eigenvalue weighted by atomic mass is 10.1. The summed E-state index contributed by atoms with van der Waals surface area (Å²) in [5, 5.41) is 2.82. The smallest absolute Gasteiger partial charge is 0.228 e. The van der Waals surface area contributed by atoms with Crippen LogP contribution in [0.2, 0.25) is 0 Å². The van der Waals surface area contributed by atoms with Crippen LogP contribution in [-0.4, -0.2) is 13.0 Å². The maximum Gasteiger partial charge on any atom is 0.228 e. The van der Waals surface area contributed by atoms with Crippen LogP contribution in [0.3, 0.4) is 0 Å². The van der Waals surface area contributed by atoms with Crippen LogP contribution in [-0.2, 0) is 11.2 Å². The van der Waals surface area contributed by atoms with Gasteiger partial charge in [0.05, 0.1) is 13.5 Å². The van der Waals surface area contributed by atoms with E-state index in [9.17, 15) is 4.79 Å². The molecule has 0 spiro atoms. The van der Waals surface area contributed by atoms with Crippen molar-refractivity contribution in [1.82, 2.24) is 0 Å². The number of nitrogens with two attached hydrogens (primary N) is 1. The maximum atomic E-state index is 12.0. The zero-order valence-electron chi connectivity index (χ0n) is 11.0. The summed E-state index contributed by atoms with van der Waals surface area (Å²) in [6.45, 7) is 0. The second kappa shape index (κ2) is 6.43. The Morgan fingerprint density at radius 1 is 1.30 bits per heavy atom. The standard InChI is InChI=1S/C15H15BrN2O2/c1-20-12-4-2-3-10(7-12)8-15(19)18-11-5-6-13(16)14(17)9-11/h2-7,9H,8,17H2,1H3,(H,18,19). The van der Waals surface area contributed by atoms with Crippen LogP contribution in [0.15, 0.2) is 46.9 Å². The molecular weight excluding hydrogens is 320 g/mol. The lowest BCUT2D eigenvalue weighted by Gasteiger charge is -2.08. The number of methoxy groups -OCH3 is 1. The van der Waals surface area contributed by atoms with Gasteiger partial charge < -0.3 is 15.8 Å². The fourth-order valence-electron chi connectivity index (χ4n) is 1.79. The second-order valence-corrected chi connectivity index (χ2v) is 5.17. The highest BCUT2D eigenvalue weighted by molar-refractivity contribution is 9.10. The van der Waals surface area contributed by atoms with Gasteiger partial charge in [-0.25, -0.2) is 0 Å². The van der Waals surface area contributed by atoms with Crippen molar-refractivity contribution in [2.45, 2.75) is 6.42 Å². The van der Waals surface area contributed by atoms with Crippen molar-refractivity contribution in [2.24, 2.45) is 0 Å². The first kappa shape index (κ1) is 14.4. The van der Waals surface area contributed by atoms with E-state index in [4.69, 9.17) is 10.5 Å². The van der Waals surface area contributed by atoms with Crippen molar-refractivity contribution in [3.05, 3.63) is 52.5 Å². The molecule has 0 saturated heterocycles. The molecule has 0 heterocycles. The zero-order chi connectivity index (χ0) is 14.5. The van der Waals surface area contributed by atoms with E-state index in [-0.39, 0.29) is 12.3 Å². The van der Waals surface area contributed by atoms with Gasteiger partial charge in [0.1, 0.15) is 5.75 Å². The summed E-state index contributed by atoms with van der Waals surface area (Å²) in [7, 11) is 1.60. The predicted octanol–water partition coefficient (Wildman–Crippen LogP) is 3.22. The Balaban J connectivity index is 2.03. The summed E-state index contributed by atoms with van der Waals surface area (Å²) in [6.07, 6.45) is 0.285. The van der Waals surface area contributed by atoms with Gasteiger partial charge in [-0.3, -0.25) is 4.79 Å². The van der Waals surface area contributed by atoms with Crippen molar-refractivity contribution in [2.75, 3.05) is 18.2 Å². The molecule has 0 atom stereocenters. The monoisotopic (exact) mass is 334 g/mol. The number of nitrogens with one attached hydrogen (secondary N) is 1. The number of nitrogen functional groups attached to an aromatic ring is 1. The molecule has 5 heteroatoms. The van der Waals surface area contributed by atoms with Crippen LogP contribution < -0.4 is 15.8 Å². The van der Waals surface area contributed by atoms with E-state index >= 15 is 0 Å². The summed E-state index contributed by atoms with van der Waals surface area (Å²) >= 11 is 3.31. The predicted molar refractivity (Wildman–Crippen MR) is 83.9 cm³/mol. The van der Waals surface area contributed by atoms with E-state index in [2.05, 4.69) is 21.2 Å². The van der Waals surface area contributed by atoms with Gasteiger partial charge in [-0.05, 0) is 51.8 Å². The molecule has 0 radical (unpaired) electrons. The quantitative estimate of drug-likeness (QED) is 0.843. The molecular formula is C15H15BrN2O2. The van der Waals surface area contributed by atoms with Crippen LogP contribution in [0.5, 0.6) is 5.75 Å². The number of amides is 1. The third kappa shape index (κ3) is 3.74. The molecule has 0 bridgehead atoms. The van der Waals surface area contributed by atoms with Crippen molar-refractivity contribution >= 4 is 33.2 Å². The molecule has 0 aromatic heterocycles. The van der Waals surface area contributed by atoms with Crippen LogP contribution in [0.4, 0.5) is 11.4 Å². The van der Waals surface area contributed by atoms with Crippen molar-refractivity contribution in [3.63, 3.8) is 0 Å². The summed E-state index contributed by atoms with van der Waals surface area (Å²) < 4.78 is 5.94. The van der Waals surface area contributed by atoms with Gasteiger partial charge in [0, 0.05) is 15.8 Å². The minimum absolute atomic E-state index is 0.0972. The SMILES string of the molecule is COc1cccc(CC(=O)Nc2ccc(Br)c(N)c2)c1. The molecule has 0 saturated carbocycles. The third-order valence-corrected chi connectivity index (χ3v) is 3.50. The summed E-state index contributed by atoms with van der Waals surface area (Å²) in [5.41, 5.74) is 7.93. The fourth-order valence-corrected chi connectivity index (χ4v) is 2.04. The summed E-state index contributed by atoms with van der Waals surface area (Å²) in [4.78, 5) is 12.0. The molecule has 2 aromatic rings. The zero-order valence-corrected chi connectivity index (χ0v) is 12.6. The molecule has 3 N–H and O–H groups in total. The molecule has 0 aliphatic carbocycles. The van der Waals surface area contributed by atoms with Gasteiger partial charge >= 0.3 is 0 Å². The number of halogens is 1. The Morgan fingerprint density at radius 2 is 2.10 bits per heavy atom. The van der Waals surface area contributed by atoms with E-state index in [1.807, 2.05) is 24.3 Å². The van der Waals surface area contributed by atoms with E-state index in [1.54, 1.807) is 25.3 Å². The molecule has 0 aliphatic heterocycles. The number of rotatable bonds is 4. The minimum atomic E-state index is -0.0972. The van der Waals surface area contributed by atoms with Gasteiger partial charge in [0.15, 0.2) is 0 Å². The lowest BCUT2D eigenvalue weighted by molar-refractivity contribution is -0.115. The van der Waals surface area contributed by atoms with E-state index in [0.29, 0.717) is 11.4 Å². The summed E-state index contributed by atoms with van der Waals surface area (Å²) in [5.74, 6) is 0.642. The average Bonchev–Trinajstić information content (AvgIpc) is 2.43. The van der Waals surface area contributed by atoms with Crippen molar-refractivity contribution < 1.29 is 9.53 Å². The normalized spacial score (nSPS) is 10.1. The Hall–Kier alpha value is -2.01. The number of hydrogen-bond acceptors (Lipinski definition) is 3. The Kier molecular flexibility index (Phi) is 4.63. The Bertz CT molecular complexity index is 629. The fraction of sp³-hybridized carbons (Fsp3) is 0.133. The molecule has 0 unspecified atom stereocenters. The molecule has 0 fully saturated rings. The molecule has 20 heavy (non-hydrogen) atoms. The van der Waals surface area contributed by atoms with Crippen LogP contribution in [0.1, 0.15) is 5.56 Å². The van der Waals surface area contributed by atoms with E-state index in [1.165, 1.54) is 0 Å². The minimum Gasteiger partial charge on any atom is -0.497 e. The Morgan fingerprint density at radius 3 is 2.80 bits per heavy atom. The number of anilines is 2. The first-order valence-corrected chi connectivity index (χ1v) is 6.85. The molecule has 4 nitrogen and oxygen atoms in total. The van der Waals surface area contributed by atoms with Crippen molar-refractivity contribution in [3.8, 4) is 5.75 Å². The Labute approximate surface area is 126 Å². The number of carbonyl (C=O) groups excluding carboxylic acids is 1. The largest absolute Gasteiger partial charge is 0.497 e. The van der Waals surface area contributed by atoms with Crippen LogP contribution >= 0.6 is 15.9 Å². The van der Waals surface area contributed by atoms with Gasteiger partial charge in [-0.1, -0.05) is 12.1 Å². The van der Waals surface area contributed by atoms with Crippen LogP contribution in [0, 0.1) is 0 Å².